The number of aliphatic hydroxyl groups is 1. The van der Waals surface area contributed by atoms with Crippen LogP contribution in [0.1, 0.15) is 61.3 Å². The van der Waals surface area contributed by atoms with Gasteiger partial charge in [0.15, 0.2) is 5.78 Å². The van der Waals surface area contributed by atoms with Gasteiger partial charge in [-0.1, -0.05) is 27.7 Å². The highest BCUT2D eigenvalue weighted by atomic mass is 16.3. The number of allylic oxidation sites excluding steroid dienone is 2. The fraction of sp³-hybridized carbons (Fsp3) is 0.762. The first-order chi connectivity index (χ1) is 12.3. The van der Waals surface area contributed by atoms with Gasteiger partial charge in [0.2, 0.25) is 5.91 Å². The fourth-order valence-corrected chi connectivity index (χ4v) is 4.01. The van der Waals surface area contributed by atoms with E-state index in [9.17, 15) is 14.7 Å². The van der Waals surface area contributed by atoms with Gasteiger partial charge in [-0.3, -0.25) is 14.6 Å². The highest BCUT2D eigenvalue weighted by molar-refractivity contribution is 6.08. The van der Waals surface area contributed by atoms with Crippen molar-refractivity contribution >= 4 is 17.4 Å². The molecule has 152 valence electrons. The number of nitrogens with zero attached hydrogens (tertiary/aromatic N) is 2. The number of β-amino-alcohol motifs (C(OH)–C–C–N with tert-alkyl or cyclic N) is 1. The fourth-order valence-electron chi connectivity index (χ4n) is 4.01. The SMILES string of the molecule is CC(N)=CC(=O)C(C(=O)N1C[C@H](O)CC1C1=NC(C)(C)C(C)(C)C1)C(C)C. The van der Waals surface area contributed by atoms with E-state index in [2.05, 4.69) is 27.7 Å². The van der Waals surface area contributed by atoms with Gasteiger partial charge in [0.25, 0.3) is 0 Å². The summed E-state index contributed by atoms with van der Waals surface area (Å²) in [6, 6.07) is -0.245. The Balaban J connectivity index is 2.33. The molecule has 0 aromatic carbocycles. The van der Waals surface area contributed by atoms with Crippen LogP contribution >= 0.6 is 0 Å². The second-order valence-electron chi connectivity index (χ2n) is 9.63. The molecule has 0 spiro atoms. The van der Waals surface area contributed by atoms with Crippen molar-refractivity contribution in [3.63, 3.8) is 0 Å². The maximum absolute atomic E-state index is 13.3. The molecule has 2 aliphatic heterocycles. The summed E-state index contributed by atoms with van der Waals surface area (Å²) in [6.07, 6.45) is 2.00. The molecule has 3 N–H and O–H groups in total. The topological polar surface area (TPSA) is 96.0 Å². The number of aliphatic imine (C=N–C) groups is 1. The van der Waals surface area contributed by atoms with Gasteiger partial charge in [0, 0.05) is 30.5 Å². The van der Waals surface area contributed by atoms with Gasteiger partial charge in [0.05, 0.1) is 17.7 Å². The normalized spacial score (nSPS) is 28.4. The van der Waals surface area contributed by atoms with E-state index < -0.39 is 12.0 Å². The molecule has 27 heavy (non-hydrogen) atoms. The van der Waals surface area contributed by atoms with Crippen molar-refractivity contribution < 1.29 is 14.7 Å². The molecule has 2 aliphatic rings. The Morgan fingerprint density at radius 3 is 2.33 bits per heavy atom. The van der Waals surface area contributed by atoms with Gasteiger partial charge >= 0.3 is 0 Å². The summed E-state index contributed by atoms with van der Waals surface area (Å²) in [7, 11) is 0. The molecule has 1 saturated heterocycles. The molecule has 0 aromatic heterocycles. The van der Waals surface area contributed by atoms with Gasteiger partial charge < -0.3 is 15.7 Å². The highest BCUT2D eigenvalue weighted by Gasteiger charge is 2.49. The zero-order chi connectivity index (χ0) is 20.7. The van der Waals surface area contributed by atoms with Crippen LogP contribution in [0, 0.1) is 17.3 Å². The Bertz CT molecular complexity index is 672. The minimum absolute atomic E-state index is 0.0166. The van der Waals surface area contributed by atoms with Crippen molar-refractivity contribution in [2.45, 2.75) is 79.0 Å². The minimum atomic E-state index is -0.792. The molecule has 6 heteroatoms. The third-order valence-corrected chi connectivity index (χ3v) is 6.26. The van der Waals surface area contributed by atoms with Crippen molar-refractivity contribution in [3.05, 3.63) is 11.8 Å². The van der Waals surface area contributed by atoms with Gasteiger partial charge in [-0.05, 0) is 38.5 Å². The standard InChI is InChI=1S/C21H35N3O3/c1-12(2)18(17(26)8-13(3)22)19(27)24-11-14(25)9-16(24)15-10-20(4,5)21(6,7)23-15/h8,12,14,16,18,25H,9-11,22H2,1-7H3/t14-,16?,18?/m1/s1. The lowest BCUT2D eigenvalue weighted by molar-refractivity contribution is -0.141. The lowest BCUT2D eigenvalue weighted by Gasteiger charge is -2.32. The van der Waals surface area contributed by atoms with E-state index >= 15 is 0 Å². The van der Waals surface area contributed by atoms with E-state index in [0.29, 0.717) is 12.1 Å². The van der Waals surface area contributed by atoms with Gasteiger partial charge in [-0.2, -0.15) is 0 Å². The highest BCUT2D eigenvalue weighted by Crippen LogP contribution is 2.44. The van der Waals surface area contributed by atoms with Crippen molar-refractivity contribution in [2.75, 3.05) is 6.54 Å². The Kier molecular flexibility index (Phi) is 5.91. The van der Waals surface area contributed by atoms with Crippen molar-refractivity contribution in [1.29, 1.82) is 0 Å². The lowest BCUT2D eigenvalue weighted by atomic mass is 9.74. The van der Waals surface area contributed by atoms with Crippen LogP contribution in [0.2, 0.25) is 0 Å². The molecule has 0 aliphatic carbocycles. The quantitative estimate of drug-likeness (QED) is 0.567. The van der Waals surface area contributed by atoms with E-state index in [1.54, 1.807) is 11.8 Å². The maximum Gasteiger partial charge on any atom is 0.234 e. The third-order valence-electron chi connectivity index (χ3n) is 6.26. The predicted molar refractivity (Wildman–Crippen MR) is 107 cm³/mol. The number of likely N-dealkylation sites (tertiary alicyclic amines) is 1. The summed E-state index contributed by atoms with van der Waals surface area (Å²) < 4.78 is 0. The Labute approximate surface area is 162 Å². The first kappa shape index (κ1) is 21.6. The van der Waals surface area contributed by atoms with E-state index in [1.165, 1.54) is 6.08 Å². The second-order valence-corrected chi connectivity index (χ2v) is 9.63. The zero-order valence-corrected chi connectivity index (χ0v) is 17.7. The number of nitrogens with two attached hydrogens (primary N) is 1. The van der Waals surface area contributed by atoms with Crippen LogP contribution in [0.25, 0.3) is 0 Å². The summed E-state index contributed by atoms with van der Waals surface area (Å²) in [5.41, 5.74) is 6.75. The molecule has 0 aromatic rings. The van der Waals surface area contributed by atoms with Gasteiger partial charge in [-0.15, -0.1) is 0 Å². The Hall–Kier alpha value is -1.69. The smallest absolute Gasteiger partial charge is 0.234 e. The van der Waals surface area contributed by atoms with Crippen LogP contribution in [0.15, 0.2) is 16.8 Å². The summed E-state index contributed by atoms with van der Waals surface area (Å²) in [5.74, 6) is -1.46. The number of rotatable bonds is 5. The van der Waals surface area contributed by atoms with Crippen molar-refractivity contribution in [3.8, 4) is 0 Å². The Morgan fingerprint density at radius 1 is 1.30 bits per heavy atom. The minimum Gasteiger partial charge on any atom is -0.402 e. The van der Waals surface area contributed by atoms with Gasteiger partial charge in [0.1, 0.15) is 5.92 Å². The van der Waals surface area contributed by atoms with E-state index in [4.69, 9.17) is 10.7 Å². The van der Waals surface area contributed by atoms with Crippen molar-refractivity contribution in [2.24, 2.45) is 28.0 Å². The number of ketones is 1. The number of hydrogen-bond acceptors (Lipinski definition) is 5. The molecule has 3 atom stereocenters. The molecule has 0 bridgehead atoms. The molecule has 0 saturated carbocycles. The molecule has 6 nitrogen and oxygen atoms in total. The monoisotopic (exact) mass is 377 g/mol. The average molecular weight is 378 g/mol. The Morgan fingerprint density at radius 2 is 1.89 bits per heavy atom. The van der Waals surface area contributed by atoms with E-state index in [0.717, 1.165) is 12.1 Å². The maximum atomic E-state index is 13.3. The lowest BCUT2D eigenvalue weighted by Crippen LogP contribution is -2.47. The second kappa shape index (κ2) is 7.38. The first-order valence-electron chi connectivity index (χ1n) is 9.81. The van der Waals surface area contributed by atoms with E-state index in [1.807, 2.05) is 13.8 Å². The molecule has 1 amide bonds. The molecule has 2 unspecified atom stereocenters. The molecule has 1 fully saturated rings. The molecule has 2 rings (SSSR count). The van der Waals surface area contributed by atoms with Crippen LogP contribution in [0.3, 0.4) is 0 Å². The van der Waals surface area contributed by atoms with E-state index in [-0.39, 0.29) is 41.1 Å². The molecular weight excluding hydrogens is 342 g/mol. The number of hydrogen-bond donors (Lipinski definition) is 2. The zero-order valence-electron chi connectivity index (χ0n) is 17.7. The number of carbonyl (C=O) groups excluding carboxylic acids is 2. The van der Waals surface area contributed by atoms with Crippen LogP contribution in [0.4, 0.5) is 0 Å². The molecule has 0 radical (unpaired) electrons. The van der Waals surface area contributed by atoms with Crippen LogP contribution in [-0.4, -0.2) is 51.6 Å². The molecule has 2 heterocycles. The van der Waals surface area contributed by atoms with Crippen LogP contribution in [-0.2, 0) is 9.59 Å². The largest absolute Gasteiger partial charge is 0.402 e. The summed E-state index contributed by atoms with van der Waals surface area (Å²) in [4.78, 5) is 32.5. The predicted octanol–water partition coefficient (Wildman–Crippen LogP) is 2.30. The number of carbonyl (C=O) groups is 2. The molecular formula is C21H35N3O3. The third kappa shape index (κ3) is 4.26. The van der Waals surface area contributed by atoms with Crippen LogP contribution in [0.5, 0.6) is 0 Å². The van der Waals surface area contributed by atoms with Crippen LogP contribution < -0.4 is 5.73 Å². The number of aliphatic hydroxyl groups excluding tert-OH is 1. The summed E-state index contributed by atoms with van der Waals surface area (Å²) >= 11 is 0. The average Bonchev–Trinajstić information content (AvgIpc) is 2.95. The first-order valence-corrected chi connectivity index (χ1v) is 9.81. The van der Waals surface area contributed by atoms with Gasteiger partial charge in [-0.25, -0.2) is 0 Å². The summed E-state index contributed by atoms with van der Waals surface area (Å²) in [5, 5.41) is 10.3. The van der Waals surface area contributed by atoms with Crippen molar-refractivity contribution in [1.82, 2.24) is 4.90 Å². The summed E-state index contributed by atoms with van der Waals surface area (Å²) in [6.45, 7) is 14.2. The number of amides is 1.